The Bertz CT molecular complexity index is 934. The van der Waals surface area contributed by atoms with Gasteiger partial charge in [-0.2, -0.15) is 0 Å². The molecule has 3 rings (SSSR count). The Kier molecular flexibility index (Phi) is 4.55. The number of sulfone groups is 1. The second-order valence-corrected chi connectivity index (χ2v) is 7.56. The van der Waals surface area contributed by atoms with Crippen LogP contribution in [0.4, 0.5) is 5.69 Å². The third kappa shape index (κ3) is 3.27. The van der Waals surface area contributed by atoms with Crippen molar-refractivity contribution in [1.29, 1.82) is 0 Å². The fourth-order valence-corrected chi connectivity index (χ4v) is 3.99. The summed E-state index contributed by atoms with van der Waals surface area (Å²) >= 11 is 6.04. The van der Waals surface area contributed by atoms with E-state index in [9.17, 15) is 13.2 Å². The summed E-state index contributed by atoms with van der Waals surface area (Å²) in [5.74, 6) is -0.869. The summed E-state index contributed by atoms with van der Waals surface area (Å²) in [6, 6.07) is 15.9. The Balaban J connectivity index is 1.90. The molecule has 0 saturated carbocycles. The van der Waals surface area contributed by atoms with Crippen molar-refractivity contribution in [2.45, 2.75) is 0 Å². The van der Waals surface area contributed by atoms with Gasteiger partial charge < -0.3 is 0 Å². The summed E-state index contributed by atoms with van der Waals surface area (Å²) in [4.78, 5) is 13.5. The van der Waals surface area contributed by atoms with Crippen LogP contribution in [0.25, 0.3) is 6.08 Å². The van der Waals surface area contributed by atoms with Gasteiger partial charge in [-0.15, -0.1) is 0 Å². The van der Waals surface area contributed by atoms with E-state index in [1.54, 1.807) is 48.5 Å². The number of carbonyl (C=O) groups excluding carboxylic acids is 1. The molecule has 1 amide bonds. The van der Waals surface area contributed by atoms with Gasteiger partial charge in [0.2, 0.25) is 9.84 Å². The van der Waals surface area contributed by atoms with E-state index in [0.29, 0.717) is 10.7 Å². The minimum absolute atomic E-state index is 0.213. The normalized spacial score (nSPS) is 18.6. The lowest BCUT2D eigenvalue weighted by molar-refractivity contribution is -0.114. The van der Waals surface area contributed by atoms with E-state index >= 15 is 0 Å². The van der Waals surface area contributed by atoms with Crippen molar-refractivity contribution in [3.05, 3.63) is 82.2 Å². The molecule has 4 nitrogen and oxygen atoms in total. The quantitative estimate of drug-likeness (QED) is 0.786. The Morgan fingerprint density at radius 1 is 1.00 bits per heavy atom. The van der Waals surface area contributed by atoms with Gasteiger partial charge >= 0.3 is 0 Å². The predicted molar refractivity (Wildman–Crippen MR) is 96.3 cm³/mol. The van der Waals surface area contributed by atoms with Gasteiger partial charge in [0.1, 0.15) is 10.8 Å². The maximum atomic E-state index is 12.4. The molecule has 6 heteroatoms. The Labute approximate surface area is 145 Å². The van der Waals surface area contributed by atoms with Crippen LogP contribution in [0.5, 0.6) is 0 Å². The lowest BCUT2D eigenvalue weighted by atomic mass is 10.2. The van der Waals surface area contributed by atoms with Gasteiger partial charge in [-0.05, 0) is 29.8 Å². The summed E-state index contributed by atoms with van der Waals surface area (Å²) in [7, 11) is -3.64. The molecule has 0 atom stereocenters. The zero-order valence-corrected chi connectivity index (χ0v) is 14.2. The second-order valence-electron chi connectivity index (χ2n) is 5.22. The molecule has 0 N–H and O–H groups in total. The number of hydrogen-bond acceptors (Lipinski definition) is 3. The molecule has 1 heterocycles. The number of benzene rings is 2. The van der Waals surface area contributed by atoms with Crippen molar-refractivity contribution in [3.8, 4) is 0 Å². The molecule has 0 unspecified atom stereocenters. The van der Waals surface area contributed by atoms with Crippen LogP contribution in [0.3, 0.4) is 0 Å². The lowest BCUT2D eigenvalue weighted by Gasteiger charge is -2.12. The largest absolute Gasteiger partial charge is 0.292 e. The highest BCUT2D eigenvalue weighted by atomic mass is 35.5. The van der Waals surface area contributed by atoms with E-state index in [2.05, 4.69) is 0 Å². The minimum Gasteiger partial charge on any atom is -0.292 e. The highest BCUT2D eigenvalue weighted by molar-refractivity contribution is 7.97. The van der Waals surface area contributed by atoms with E-state index in [1.165, 1.54) is 17.1 Å². The highest BCUT2D eigenvalue weighted by Gasteiger charge is 2.39. The number of rotatable bonds is 3. The summed E-state index contributed by atoms with van der Waals surface area (Å²) in [5.41, 5.74) is 1.31. The van der Waals surface area contributed by atoms with Crippen LogP contribution in [0.2, 0.25) is 5.02 Å². The average Bonchev–Trinajstić information content (AvgIpc) is 2.80. The fraction of sp³-hybridized carbons (Fsp3) is 0.0556. The number of nitrogens with zero attached hydrogens (tertiary/aromatic N) is 1. The van der Waals surface area contributed by atoms with Crippen LogP contribution in [0, 0.1) is 0 Å². The number of allylic oxidation sites excluding steroid dienone is 2. The van der Waals surface area contributed by atoms with Crippen LogP contribution in [-0.2, 0) is 14.6 Å². The predicted octanol–water partition coefficient (Wildman–Crippen LogP) is 3.66. The van der Waals surface area contributed by atoms with Gasteiger partial charge in [-0.1, -0.05) is 60.2 Å². The number of anilines is 1. The summed E-state index contributed by atoms with van der Waals surface area (Å²) in [6.45, 7) is 0. The molecule has 0 aliphatic carbocycles. The Morgan fingerprint density at radius 2 is 1.67 bits per heavy atom. The molecule has 0 bridgehead atoms. The van der Waals surface area contributed by atoms with E-state index < -0.39 is 15.7 Å². The lowest BCUT2D eigenvalue weighted by Crippen LogP contribution is -2.24. The maximum absolute atomic E-state index is 12.4. The van der Waals surface area contributed by atoms with E-state index in [-0.39, 0.29) is 10.8 Å². The summed E-state index contributed by atoms with van der Waals surface area (Å²) in [6.07, 6.45) is 4.52. The molecule has 1 fully saturated rings. The van der Waals surface area contributed by atoms with E-state index in [0.717, 1.165) is 5.56 Å². The van der Waals surface area contributed by atoms with Crippen molar-refractivity contribution in [2.24, 2.45) is 0 Å². The Morgan fingerprint density at radius 3 is 2.38 bits per heavy atom. The van der Waals surface area contributed by atoms with Gasteiger partial charge in [0.05, 0.1) is 0 Å². The number of carbonyl (C=O) groups is 1. The molecule has 24 heavy (non-hydrogen) atoms. The SMILES string of the molecule is O=C1C(=CC=Cc2ccccc2Cl)S(=O)(=O)CN1c1ccccc1. The molecule has 1 saturated heterocycles. The number of hydrogen-bond donors (Lipinski definition) is 0. The Hall–Kier alpha value is -2.37. The van der Waals surface area contributed by atoms with Gasteiger partial charge in [0.15, 0.2) is 0 Å². The maximum Gasteiger partial charge on any atom is 0.270 e. The molecule has 1 aliphatic rings. The van der Waals surface area contributed by atoms with E-state index in [4.69, 9.17) is 11.6 Å². The first-order valence-corrected chi connectivity index (χ1v) is 9.24. The number of halogens is 1. The molecule has 122 valence electrons. The molecule has 1 aliphatic heterocycles. The van der Waals surface area contributed by atoms with Crippen LogP contribution < -0.4 is 4.90 Å². The first-order valence-electron chi connectivity index (χ1n) is 7.21. The minimum atomic E-state index is -3.64. The van der Waals surface area contributed by atoms with Gasteiger partial charge in [0.25, 0.3) is 5.91 Å². The third-order valence-electron chi connectivity index (χ3n) is 3.59. The van der Waals surface area contributed by atoms with Crippen molar-refractivity contribution >= 4 is 39.1 Å². The zero-order valence-electron chi connectivity index (χ0n) is 12.6. The van der Waals surface area contributed by atoms with Gasteiger partial charge in [-0.3, -0.25) is 9.69 Å². The highest BCUT2D eigenvalue weighted by Crippen LogP contribution is 2.27. The number of para-hydroxylation sites is 1. The third-order valence-corrected chi connectivity index (χ3v) is 5.51. The second kappa shape index (κ2) is 6.63. The van der Waals surface area contributed by atoms with Gasteiger partial charge in [-0.25, -0.2) is 8.42 Å². The van der Waals surface area contributed by atoms with Crippen LogP contribution in [0.15, 0.2) is 71.7 Å². The summed E-state index contributed by atoms with van der Waals surface area (Å²) in [5, 5.41) is 0.554. The van der Waals surface area contributed by atoms with Crippen molar-refractivity contribution in [1.82, 2.24) is 0 Å². The topological polar surface area (TPSA) is 54.5 Å². The molecule has 0 spiro atoms. The van der Waals surface area contributed by atoms with Gasteiger partial charge in [0, 0.05) is 10.7 Å². The van der Waals surface area contributed by atoms with Crippen LogP contribution >= 0.6 is 11.6 Å². The molecule has 2 aromatic carbocycles. The monoisotopic (exact) mass is 359 g/mol. The van der Waals surface area contributed by atoms with Crippen molar-refractivity contribution in [3.63, 3.8) is 0 Å². The first kappa shape index (κ1) is 16.5. The van der Waals surface area contributed by atoms with Crippen LogP contribution in [-0.4, -0.2) is 20.2 Å². The molecule has 0 radical (unpaired) electrons. The fourth-order valence-electron chi connectivity index (χ4n) is 2.39. The van der Waals surface area contributed by atoms with E-state index in [1.807, 2.05) is 12.1 Å². The molecule has 0 aromatic heterocycles. The average molecular weight is 360 g/mol. The first-order chi connectivity index (χ1) is 11.5. The molecular formula is C18H14ClNO3S. The zero-order chi connectivity index (χ0) is 17.2. The molecule has 2 aromatic rings. The van der Waals surface area contributed by atoms with Crippen molar-refractivity contribution < 1.29 is 13.2 Å². The van der Waals surface area contributed by atoms with Crippen molar-refractivity contribution in [2.75, 3.05) is 10.8 Å². The number of amides is 1. The van der Waals surface area contributed by atoms with Crippen LogP contribution in [0.1, 0.15) is 5.56 Å². The summed E-state index contributed by atoms with van der Waals surface area (Å²) < 4.78 is 24.5. The standard InChI is InChI=1S/C18H14ClNO3S/c19-16-11-5-4-7-14(16)8-6-12-17-18(21)20(13-24(17,22)23)15-9-2-1-3-10-15/h1-12H,13H2. The molecular weight excluding hydrogens is 346 g/mol. The smallest absolute Gasteiger partial charge is 0.270 e.